The summed E-state index contributed by atoms with van der Waals surface area (Å²) in [6, 6.07) is 0.244. The molecule has 2 fully saturated rings. The number of nitrogens with zero attached hydrogens (tertiary/aromatic N) is 1. The SMILES string of the molecule is Cc1csc(=O)n1CC(=O)N[C@@H]1C[C@@H]2CC[C@@]1(C)C2(C)C. The molecule has 0 spiro atoms. The summed E-state index contributed by atoms with van der Waals surface area (Å²) in [5.41, 5.74) is 1.34. The van der Waals surface area contributed by atoms with Crippen molar-refractivity contribution in [2.24, 2.45) is 16.7 Å². The van der Waals surface area contributed by atoms with Crippen LogP contribution in [0.5, 0.6) is 0 Å². The van der Waals surface area contributed by atoms with Crippen molar-refractivity contribution in [3.05, 3.63) is 20.7 Å². The van der Waals surface area contributed by atoms with Gasteiger partial charge in [0.05, 0.1) is 0 Å². The molecule has 2 aliphatic rings. The first-order chi connectivity index (χ1) is 9.75. The first-order valence-corrected chi connectivity index (χ1v) is 8.58. The van der Waals surface area contributed by atoms with Gasteiger partial charge in [0.25, 0.3) is 0 Å². The lowest BCUT2D eigenvalue weighted by Crippen LogP contribution is -2.48. The molecule has 21 heavy (non-hydrogen) atoms. The first kappa shape index (κ1) is 14.8. The Hall–Kier alpha value is -1.10. The predicted molar refractivity (Wildman–Crippen MR) is 84.5 cm³/mol. The Morgan fingerprint density at radius 1 is 1.48 bits per heavy atom. The van der Waals surface area contributed by atoms with Crippen LogP contribution in [0.4, 0.5) is 0 Å². The lowest BCUT2D eigenvalue weighted by molar-refractivity contribution is -0.123. The van der Waals surface area contributed by atoms with Crippen LogP contribution >= 0.6 is 11.3 Å². The minimum absolute atomic E-state index is 0.0341. The van der Waals surface area contributed by atoms with Gasteiger partial charge in [0.15, 0.2) is 0 Å². The van der Waals surface area contributed by atoms with E-state index in [1.54, 1.807) is 9.95 Å². The van der Waals surface area contributed by atoms with E-state index >= 15 is 0 Å². The molecule has 2 bridgehead atoms. The molecule has 1 aromatic heterocycles. The van der Waals surface area contributed by atoms with Crippen molar-refractivity contribution in [2.75, 3.05) is 0 Å². The van der Waals surface area contributed by atoms with E-state index in [1.807, 2.05) is 6.92 Å². The Morgan fingerprint density at radius 2 is 2.19 bits per heavy atom. The maximum absolute atomic E-state index is 12.3. The number of thiazole rings is 1. The highest BCUT2D eigenvalue weighted by Crippen LogP contribution is 2.65. The third kappa shape index (κ3) is 2.08. The second-order valence-corrected chi connectivity index (χ2v) is 8.28. The van der Waals surface area contributed by atoms with Crippen molar-refractivity contribution in [1.82, 2.24) is 9.88 Å². The molecule has 5 heteroatoms. The smallest absolute Gasteiger partial charge is 0.307 e. The molecule has 3 rings (SSSR count). The van der Waals surface area contributed by atoms with E-state index in [0.717, 1.165) is 23.5 Å². The van der Waals surface area contributed by atoms with Gasteiger partial charge in [-0.3, -0.25) is 14.2 Å². The van der Waals surface area contributed by atoms with Crippen LogP contribution in [0.3, 0.4) is 0 Å². The minimum Gasteiger partial charge on any atom is -0.351 e. The second-order valence-electron chi connectivity index (χ2n) is 7.46. The van der Waals surface area contributed by atoms with Gasteiger partial charge < -0.3 is 5.32 Å². The van der Waals surface area contributed by atoms with Crippen LogP contribution in [-0.4, -0.2) is 16.5 Å². The molecular weight excluding hydrogens is 284 g/mol. The van der Waals surface area contributed by atoms with Crippen molar-refractivity contribution in [3.8, 4) is 0 Å². The molecule has 3 atom stereocenters. The van der Waals surface area contributed by atoms with E-state index in [0.29, 0.717) is 11.3 Å². The van der Waals surface area contributed by atoms with Gasteiger partial charge in [0.1, 0.15) is 6.54 Å². The number of aromatic nitrogens is 1. The quantitative estimate of drug-likeness (QED) is 0.933. The van der Waals surface area contributed by atoms with Crippen LogP contribution in [0.15, 0.2) is 10.2 Å². The Balaban J connectivity index is 1.71. The fourth-order valence-electron chi connectivity index (χ4n) is 4.40. The first-order valence-electron chi connectivity index (χ1n) is 7.70. The lowest BCUT2D eigenvalue weighted by Gasteiger charge is -2.39. The predicted octanol–water partition coefficient (Wildman–Crippen LogP) is 2.55. The molecule has 116 valence electrons. The number of carbonyl (C=O) groups excluding carboxylic acids is 1. The largest absolute Gasteiger partial charge is 0.351 e. The zero-order chi connectivity index (χ0) is 15.4. The van der Waals surface area contributed by atoms with Gasteiger partial charge in [-0.15, -0.1) is 0 Å². The van der Waals surface area contributed by atoms with Crippen LogP contribution in [0.2, 0.25) is 0 Å². The summed E-state index contributed by atoms with van der Waals surface area (Å²) in [7, 11) is 0. The molecule has 0 aromatic carbocycles. The summed E-state index contributed by atoms with van der Waals surface area (Å²) in [6.07, 6.45) is 3.54. The van der Waals surface area contributed by atoms with Gasteiger partial charge in [0.2, 0.25) is 5.91 Å². The molecule has 0 radical (unpaired) electrons. The Kier molecular flexibility index (Phi) is 3.32. The highest BCUT2D eigenvalue weighted by molar-refractivity contribution is 7.07. The average molecular weight is 308 g/mol. The van der Waals surface area contributed by atoms with Crippen LogP contribution in [0, 0.1) is 23.7 Å². The average Bonchev–Trinajstić information content (AvgIpc) is 2.89. The molecule has 0 unspecified atom stereocenters. The minimum atomic E-state index is -0.0536. The fraction of sp³-hybridized carbons (Fsp3) is 0.750. The van der Waals surface area contributed by atoms with Crippen LogP contribution in [0.25, 0.3) is 0 Å². The second kappa shape index (κ2) is 4.70. The van der Waals surface area contributed by atoms with Crippen molar-refractivity contribution < 1.29 is 4.79 Å². The summed E-state index contributed by atoms with van der Waals surface area (Å²) in [5.74, 6) is 0.673. The van der Waals surface area contributed by atoms with E-state index in [4.69, 9.17) is 0 Å². The van der Waals surface area contributed by atoms with Gasteiger partial charge in [-0.1, -0.05) is 32.1 Å². The summed E-state index contributed by atoms with van der Waals surface area (Å²) in [4.78, 5) is 24.0. The van der Waals surface area contributed by atoms with Gasteiger partial charge in [-0.05, 0) is 42.9 Å². The topological polar surface area (TPSA) is 51.1 Å². The van der Waals surface area contributed by atoms with Gasteiger partial charge in [0, 0.05) is 17.1 Å². The van der Waals surface area contributed by atoms with Crippen molar-refractivity contribution in [2.45, 2.75) is 59.5 Å². The van der Waals surface area contributed by atoms with Gasteiger partial charge in [-0.25, -0.2) is 0 Å². The summed E-state index contributed by atoms with van der Waals surface area (Å²) >= 11 is 1.15. The highest BCUT2D eigenvalue weighted by atomic mass is 32.1. The third-order valence-corrected chi connectivity index (χ3v) is 7.29. The molecule has 2 aliphatic carbocycles. The molecule has 1 heterocycles. The molecule has 1 N–H and O–H groups in total. The summed E-state index contributed by atoms with van der Waals surface area (Å²) in [6.45, 7) is 9.00. The zero-order valence-corrected chi connectivity index (χ0v) is 14.0. The molecule has 1 aromatic rings. The van der Waals surface area contributed by atoms with E-state index in [9.17, 15) is 9.59 Å². The maximum Gasteiger partial charge on any atom is 0.307 e. The highest BCUT2D eigenvalue weighted by Gasteiger charge is 2.61. The molecule has 0 aliphatic heterocycles. The standard InChI is InChI=1S/C16H24N2O2S/c1-10-9-21-14(20)18(10)8-13(19)17-12-7-11-5-6-16(12,4)15(11,2)3/h9,11-12H,5-8H2,1-4H3,(H,17,19)/t11-,12+,16+/m0/s1. The zero-order valence-electron chi connectivity index (χ0n) is 13.2. The number of hydrogen-bond donors (Lipinski definition) is 1. The summed E-state index contributed by atoms with van der Waals surface area (Å²) in [5, 5.41) is 5.01. The van der Waals surface area contributed by atoms with E-state index < -0.39 is 0 Å². The Labute approximate surface area is 129 Å². The normalized spacial score (nSPS) is 33.3. The van der Waals surface area contributed by atoms with E-state index in [1.165, 1.54) is 12.8 Å². The lowest BCUT2D eigenvalue weighted by atomic mass is 9.69. The molecular formula is C16H24N2O2S. The van der Waals surface area contributed by atoms with Crippen molar-refractivity contribution >= 4 is 17.2 Å². The molecule has 4 nitrogen and oxygen atoms in total. The van der Waals surface area contributed by atoms with E-state index in [2.05, 4.69) is 26.1 Å². The number of amides is 1. The summed E-state index contributed by atoms with van der Waals surface area (Å²) < 4.78 is 1.56. The number of carbonyl (C=O) groups is 1. The monoisotopic (exact) mass is 308 g/mol. The molecule has 2 saturated carbocycles. The number of rotatable bonds is 3. The van der Waals surface area contributed by atoms with Gasteiger partial charge in [-0.2, -0.15) is 0 Å². The Bertz CT molecular complexity index is 630. The van der Waals surface area contributed by atoms with Crippen LogP contribution in [-0.2, 0) is 11.3 Å². The van der Waals surface area contributed by atoms with E-state index in [-0.39, 0.29) is 28.8 Å². The van der Waals surface area contributed by atoms with Crippen molar-refractivity contribution in [1.29, 1.82) is 0 Å². The number of nitrogens with one attached hydrogen (secondary N) is 1. The van der Waals surface area contributed by atoms with Crippen molar-refractivity contribution in [3.63, 3.8) is 0 Å². The Morgan fingerprint density at radius 3 is 2.67 bits per heavy atom. The van der Waals surface area contributed by atoms with Crippen LogP contribution < -0.4 is 10.2 Å². The number of fused-ring (bicyclic) bond motifs is 2. The fourth-order valence-corrected chi connectivity index (χ4v) is 5.14. The third-order valence-electron chi connectivity index (χ3n) is 6.41. The molecule has 0 saturated heterocycles. The number of hydrogen-bond acceptors (Lipinski definition) is 3. The number of aryl methyl sites for hydroxylation is 1. The van der Waals surface area contributed by atoms with Gasteiger partial charge >= 0.3 is 4.87 Å². The van der Waals surface area contributed by atoms with Crippen LogP contribution in [0.1, 0.15) is 45.7 Å². The maximum atomic E-state index is 12.3. The molecule has 1 amide bonds.